The van der Waals surface area contributed by atoms with Crippen LogP contribution in [0.1, 0.15) is 24.6 Å². The van der Waals surface area contributed by atoms with Crippen molar-refractivity contribution < 1.29 is 0 Å². The third-order valence-electron chi connectivity index (χ3n) is 1.55. The highest BCUT2D eigenvalue weighted by molar-refractivity contribution is 5.16. The van der Waals surface area contributed by atoms with E-state index in [2.05, 4.69) is 15.0 Å². The molecule has 0 aromatic carbocycles. The third kappa shape index (κ3) is 0.920. The molecule has 0 bridgehead atoms. The highest BCUT2D eigenvalue weighted by atomic mass is 15.1. The molecule has 1 aliphatic rings. The number of hydrogen-bond donors (Lipinski definition) is 1. The van der Waals surface area contributed by atoms with Crippen molar-refractivity contribution in [1.82, 2.24) is 15.0 Å². The van der Waals surface area contributed by atoms with Gasteiger partial charge in [0, 0.05) is 5.92 Å². The molecule has 2 rings (SSSR count). The van der Waals surface area contributed by atoms with Gasteiger partial charge in [-0.2, -0.15) is 4.98 Å². The maximum Gasteiger partial charge on any atom is 0.223 e. The molecule has 0 atom stereocenters. The van der Waals surface area contributed by atoms with Crippen LogP contribution in [0.3, 0.4) is 0 Å². The monoisotopic (exact) mass is 136 g/mol. The smallest absolute Gasteiger partial charge is 0.223 e. The van der Waals surface area contributed by atoms with E-state index in [0.717, 1.165) is 5.82 Å². The van der Waals surface area contributed by atoms with Crippen LogP contribution < -0.4 is 5.73 Å². The predicted octanol–water partition coefficient (Wildman–Crippen LogP) is 0.331. The van der Waals surface area contributed by atoms with E-state index in [-0.39, 0.29) is 0 Å². The lowest BCUT2D eigenvalue weighted by atomic mass is 10.4. The molecule has 0 saturated heterocycles. The zero-order valence-corrected chi connectivity index (χ0v) is 5.49. The molecule has 1 aliphatic carbocycles. The summed E-state index contributed by atoms with van der Waals surface area (Å²) >= 11 is 0. The average Bonchev–Trinajstić information content (AvgIpc) is 2.68. The van der Waals surface area contributed by atoms with Crippen molar-refractivity contribution in [3.05, 3.63) is 12.2 Å². The fraction of sp³-hybridized carbons (Fsp3) is 0.500. The van der Waals surface area contributed by atoms with Gasteiger partial charge in [-0.15, -0.1) is 0 Å². The lowest BCUT2D eigenvalue weighted by Crippen LogP contribution is -1.99. The molecule has 1 aromatic rings. The number of aromatic nitrogens is 3. The summed E-state index contributed by atoms with van der Waals surface area (Å²) in [5.74, 6) is 1.75. The molecule has 0 aliphatic heterocycles. The minimum absolute atomic E-state index is 0.330. The van der Waals surface area contributed by atoms with Crippen molar-refractivity contribution in [2.75, 3.05) is 5.73 Å². The molecule has 10 heavy (non-hydrogen) atoms. The van der Waals surface area contributed by atoms with Crippen LogP contribution in [-0.2, 0) is 0 Å². The summed E-state index contributed by atoms with van der Waals surface area (Å²) in [5.41, 5.74) is 5.36. The number of nitrogens with zero attached hydrogens (tertiary/aromatic N) is 3. The van der Waals surface area contributed by atoms with Crippen LogP contribution in [0.4, 0.5) is 5.95 Å². The number of rotatable bonds is 1. The Morgan fingerprint density at radius 1 is 1.40 bits per heavy atom. The van der Waals surface area contributed by atoms with E-state index in [4.69, 9.17) is 5.73 Å². The Kier molecular flexibility index (Phi) is 1.06. The molecule has 1 saturated carbocycles. The van der Waals surface area contributed by atoms with E-state index in [9.17, 15) is 0 Å². The fourth-order valence-electron chi connectivity index (χ4n) is 0.861. The van der Waals surface area contributed by atoms with Crippen LogP contribution in [-0.4, -0.2) is 15.0 Å². The van der Waals surface area contributed by atoms with Crippen LogP contribution in [0.2, 0.25) is 0 Å². The molecule has 1 heterocycles. The number of anilines is 1. The van der Waals surface area contributed by atoms with Crippen molar-refractivity contribution in [3.8, 4) is 0 Å². The van der Waals surface area contributed by atoms with Gasteiger partial charge in [0.25, 0.3) is 0 Å². The van der Waals surface area contributed by atoms with Gasteiger partial charge in [0.05, 0.1) is 0 Å². The van der Waals surface area contributed by atoms with E-state index in [1.807, 2.05) is 0 Å². The minimum Gasteiger partial charge on any atom is -0.368 e. The van der Waals surface area contributed by atoms with Gasteiger partial charge in [0.2, 0.25) is 5.95 Å². The molecule has 1 aromatic heterocycles. The van der Waals surface area contributed by atoms with Crippen molar-refractivity contribution in [1.29, 1.82) is 0 Å². The lowest BCUT2D eigenvalue weighted by molar-refractivity contribution is 0.896. The number of nitrogens with two attached hydrogens (primary N) is 1. The molecule has 0 radical (unpaired) electrons. The Hall–Kier alpha value is -1.19. The number of nitrogen functional groups attached to an aromatic ring is 1. The second kappa shape index (κ2) is 1.90. The molecular formula is C6H8N4. The molecular weight excluding hydrogens is 128 g/mol. The zero-order valence-electron chi connectivity index (χ0n) is 5.49. The van der Waals surface area contributed by atoms with Crippen LogP contribution in [0.25, 0.3) is 0 Å². The van der Waals surface area contributed by atoms with E-state index < -0.39 is 0 Å². The van der Waals surface area contributed by atoms with Crippen molar-refractivity contribution in [2.24, 2.45) is 0 Å². The summed E-state index contributed by atoms with van der Waals surface area (Å²) in [6, 6.07) is 0. The fourth-order valence-corrected chi connectivity index (χ4v) is 0.861. The van der Waals surface area contributed by atoms with Gasteiger partial charge in [0.15, 0.2) is 0 Å². The summed E-state index contributed by atoms with van der Waals surface area (Å²) in [7, 11) is 0. The highest BCUT2D eigenvalue weighted by Crippen LogP contribution is 2.37. The van der Waals surface area contributed by atoms with Gasteiger partial charge < -0.3 is 5.73 Å². The summed E-state index contributed by atoms with van der Waals surface area (Å²) in [4.78, 5) is 11.7. The quantitative estimate of drug-likeness (QED) is 0.604. The van der Waals surface area contributed by atoms with Gasteiger partial charge >= 0.3 is 0 Å². The van der Waals surface area contributed by atoms with Gasteiger partial charge in [-0.1, -0.05) is 0 Å². The van der Waals surface area contributed by atoms with Gasteiger partial charge in [-0.3, -0.25) is 0 Å². The van der Waals surface area contributed by atoms with Crippen molar-refractivity contribution >= 4 is 5.95 Å². The Morgan fingerprint density at radius 3 is 2.80 bits per heavy atom. The van der Waals surface area contributed by atoms with E-state index in [1.54, 1.807) is 0 Å². The maximum absolute atomic E-state index is 5.36. The van der Waals surface area contributed by atoms with E-state index in [1.165, 1.54) is 19.2 Å². The molecule has 4 nitrogen and oxygen atoms in total. The van der Waals surface area contributed by atoms with Crippen LogP contribution in [0, 0.1) is 0 Å². The van der Waals surface area contributed by atoms with Gasteiger partial charge in [0.1, 0.15) is 12.2 Å². The first-order valence-corrected chi connectivity index (χ1v) is 3.30. The average molecular weight is 136 g/mol. The first-order valence-electron chi connectivity index (χ1n) is 3.30. The Balaban J connectivity index is 2.32. The minimum atomic E-state index is 0.330. The zero-order chi connectivity index (χ0) is 6.97. The topological polar surface area (TPSA) is 64.7 Å². The maximum atomic E-state index is 5.36. The summed E-state index contributed by atoms with van der Waals surface area (Å²) < 4.78 is 0. The third-order valence-corrected chi connectivity index (χ3v) is 1.55. The molecule has 4 heteroatoms. The molecule has 1 fully saturated rings. The molecule has 52 valence electrons. The summed E-state index contributed by atoms with van der Waals surface area (Å²) in [5, 5.41) is 0. The van der Waals surface area contributed by atoms with Gasteiger partial charge in [-0.25, -0.2) is 9.97 Å². The van der Waals surface area contributed by atoms with E-state index >= 15 is 0 Å². The molecule has 2 N–H and O–H groups in total. The molecule has 0 amide bonds. The predicted molar refractivity (Wildman–Crippen MR) is 36.2 cm³/mol. The van der Waals surface area contributed by atoms with Gasteiger partial charge in [-0.05, 0) is 12.8 Å². The Labute approximate surface area is 58.5 Å². The first-order chi connectivity index (χ1) is 4.86. The normalized spacial score (nSPS) is 17.2. The Morgan fingerprint density at radius 2 is 2.20 bits per heavy atom. The van der Waals surface area contributed by atoms with Crippen molar-refractivity contribution in [2.45, 2.75) is 18.8 Å². The second-order valence-corrected chi connectivity index (χ2v) is 2.48. The highest BCUT2D eigenvalue weighted by Gasteiger charge is 2.26. The number of hydrogen-bond acceptors (Lipinski definition) is 4. The standard InChI is InChI=1S/C6H8N4/c7-6-9-3-8-5(10-6)4-1-2-4/h3-4H,1-2H2,(H2,7,8,9,10). The second-order valence-electron chi connectivity index (χ2n) is 2.48. The molecule has 0 unspecified atom stereocenters. The Bertz CT molecular complexity index is 243. The lowest BCUT2D eigenvalue weighted by Gasteiger charge is -1.93. The van der Waals surface area contributed by atoms with Crippen LogP contribution in [0.15, 0.2) is 6.33 Å². The summed E-state index contributed by atoms with van der Waals surface area (Å²) in [6.07, 6.45) is 3.86. The summed E-state index contributed by atoms with van der Waals surface area (Å²) in [6.45, 7) is 0. The van der Waals surface area contributed by atoms with Crippen LogP contribution >= 0.6 is 0 Å². The van der Waals surface area contributed by atoms with Crippen LogP contribution in [0.5, 0.6) is 0 Å². The van der Waals surface area contributed by atoms with Crippen molar-refractivity contribution in [3.63, 3.8) is 0 Å². The SMILES string of the molecule is Nc1ncnc(C2CC2)n1. The largest absolute Gasteiger partial charge is 0.368 e. The molecule has 0 spiro atoms. The first kappa shape index (κ1) is 5.58. The van der Waals surface area contributed by atoms with E-state index in [0.29, 0.717) is 11.9 Å².